The Labute approximate surface area is 72.3 Å². The lowest BCUT2D eigenvalue weighted by Crippen LogP contribution is -2.16. The van der Waals surface area contributed by atoms with Crippen LogP contribution in [0.15, 0.2) is 25.6 Å². The van der Waals surface area contributed by atoms with Gasteiger partial charge in [-0.05, 0) is 13.1 Å². The van der Waals surface area contributed by atoms with Crippen LogP contribution in [0.4, 0.5) is 4.79 Å². The second-order valence-electron chi connectivity index (χ2n) is 2.27. The van der Waals surface area contributed by atoms with Crippen molar-refractivity contribution in [3.8, 4) is 0 Å². The maximum atomic E-state index is 10.6. The molecule has 1 atom stereocenters. The summed E-state index contributed by atoms with van der Waals surface area (Å²) in [6.45, 7) is 9.07. The molecule has 0 radical (unpaired) electrons. The summed E-state index contributed by atoms with van der Waals surface area (Å²) >= 11 is 0. The maximum Gasteiger partial charge on any atom is 0.414 e. The summed E-state index contributed by atoms with van der Waals surface area (Å²) in [6.07, 6.45) is 2.44. The summed E-state index contributed by atoms with van der Waals surface area (Å²) in [5.74, 6) is 0. The van der Waals surface area contributed by atoms with Crippen LogP contribution in [0.25, 0.3) is 0 Å². The van der Waals surface area contributed by atoms with Gasteiger partial charge in [0.1, 0.15) is 6.10 Å². The highest BCUT2D eigenvalue weighted by molar-refractivity contribution is 5.70. The van der Waals surface area contributed by atoms with Crippen LogP contribution >= 0.6 is 0 Å². The van der Waals surface area contributed by atoms with Gasteiger partial charge in [0.15, 0.2) is 0 Å². The Morgan fingerprint density at radius 1 is 1.75 bits per heavy atom. The lowest BCUT2D eigenvalue weighted by molar-refractivity contribution is 0.142. The molecule has 1 amide bonds. The summed E-state index contributed by atoms with van der Waals surface area (Å²) in [5, 5.41) is 0. The minimum Gasteiger partial charge on any atom is -0.444 e. The van der Waals surface area contributed by atoms with Gasteiger partial charge in [-0.2, -0.15) is 0 Å². The van der Waals surface area contributed by atoms with Crippen LogP contribution in [0.2, 0.25) is 0 Å². The van der Waals surface area contributed by atoms with Crippen LogP contribution in [0.5, 0.6) is 0 Å². The molecule has 1 unspecified atom stereocenters. The Bertz CT molecular complexity index is 180. The van der Waals surface area contributed by atoms with Gasteiger partial charge in [-0.15, -0.1) is 0 Å². The number of nitrogens with two attached hydrogens (primary N) is 1. The summed E-state index contributed by atoms with van der Waals surface area (Å²) in [4.78, 5) is 12.1. The van der Waals surface area contributed by atoms with Crippen molar-refractivity contribution in [1.29, 1.82) is 0 Å². The minimum absolute atomic E-state index is 0.00972. The molecule has 1 rings (SSSR count). The van der Waals surface area contributed by atoms with Gasteiger partial charge in [0.05, 0.1) is 6.54 Å². The van der Waals surface area contributed by atoms with Crippen LogP contribution in [0.1, 0.15) is 6.92 Å². The maximum absolute atomic E-state index is 10.6. The van der Waals surface area contributed by atoms with E-state index in [1.807, 2.05) is 6.92 Å². The molecule has 0 aromatic carbocycles. The molecule has 0 aromatic heterocycles. The van der Waals surface area contributed by atoms with Crippen molar-refractivity contribution in [2.75, 3.05) is 6.54 Å². The van der Waals surface area contributed by atoms with E-state index in [0.29, 0.717) is 6.54 Å². The smallest absolute Gasteiger partial charge is 0.414 e. The van der Waals surface area contributed by atoms with Crippen LogP contribution < -0.4 is 5.73 Å². The van der Waals surface area contributed by atoms with E-state index in [4.69, 9.17) is 4.74 Å². The van der Waals surface area contributed by atoms with Crippen molar-refractivity contribution in [3.63, 3.8) is 0 Å². The number of cyclic esters (lactones) is 1. The van der Waals surface area contributed by atoms with Crippen LogP contribution in [0.3, 0.4) is 0 Å². The summed E-state index contributed by atoms with van der Waals surface area (Å²) < 4.78 is 4.78. The Kier molecular flexibility index (Phi) is 4.60. The standard InChI is InChI=1S/C6H9NO2.C2H5N/c1-3-7-4-5(2)9-6(7)8;1-2-3/h3,5H,1,4H2,2H3;2H,1,3H2. The first-order valence-corrected chi connectivity index (χ1v) is 3.58. The normalized spacial score (nSPS) is 20.6. The molecule has 1 fully saturated rings. The molecule has 1 aliphatic rings. The molecule has 4 nitrogen and oxygen atoms in total. The van der Waals surface area contributed by atoms with E-state index in [1.165, 1.54) is 17.3 Å². The van der Waals surface area contributed by atoms with Crippen LogP contribution in [0, 0.1) is 0 Å². The molecular weight excluding hydrogens is 156 g/mol. The van der Waals surface area contributed by atoms with E-state index in [9.17, 15) is 4.79 Å². The van der Waals surface area contributed by atoms with Crippen molar-refractivity contribution in [1.82, 2.24) is 4.90 Å². The third-order valence-electron chi connectivity index (χ3n) is 1.21. The predicted molar refractivity (Wildman–Crippen MR) is 47.2 cm³/mol. The molecule has 0 bridgehead atoms. The molecule has 12 heavy (non-hydrogen) atoms. The van der Waals surface area contributed by atoms with Crippen molar-refractivity contribution in [2.24, 2.45) is 5.73 Å². The third-order valence-corrected chi connectivity index (χ3v) is 1.21. The van der Waals surface area contributed by atoms with E-state index in [-0.39, 0.29) is 12.2 Å². The van der Waals surface area contributed by atoms with E-state index >= 15 is 0 Å². The highest BCUT2D eigenvalue weighted by Gasteiger charge is 2.25. The molecule has 4 heteroatoms. The van der Waals surface area contributed by atoms with Gasteiger partial charge in [-0.3, -0.25) is 4.90 Å². The summed E-state index contributed by atoms with van der Waals surface area (Å²) in [5.41, 5.74) is 4.61. The SMILES string of the molecule is C=CN.C=CN1CC(C)OC1=O. The van der Waals surface area contributed by atoms with E-state index in [0.717, 1.165) is 0 Å². The fourth-order valence-corrected chi connectivity index (χ4v) is 0.778. The van der Waals surface area contributed by atoms with Crippen molar-refractivity contribution in [2.45, 2.75) is 13.0 Å². The Hall–Kier alpha value is -1.45. The number of hydrogen-bond acceptors (Lipinski definition) is 3. The van der Waals surface area contributed by atoms with E-state index in [2.05, 4.69) is 18.9 Å². The third kappa shape index (κ3) is 3.09. The largest absolute Gasteiger partial charge is 0.444 e. The average Bonchev–Trinajstić information content (AvgIpc) is 2.31. The molecule has 1 saturated heterocycles. The molecule has 68 valence electrons. The Morgan fingerprint density at radius 2 is 2.25 bits per heavy atom. The topological polar surface area (TPSA) is 55.6 Å². The van der Waals surface area contributed by atoms with Crippen LogP contribution in [-0.4, -0.2) is 23.6 Å². The molecule has 0 saturated carbocycles. The Balaban J connectivity index is 0.000000354. The first kappa shape index (κ1) is 10.6. The lowest BCUT2D eigenvalue weighted by Gasteiger charge is -2.01. The number of amides is 1. The van der Waals surface area contributed by atoms with Gasteiger partial charge in [-0.1, -0.05) is 13.2 Å². The molecule has 2 N–H and O–H groups in total. The highest BCUT2D eigenvalue weighted by atomic mass is 16.6. The molecule has 0 aliphatic carbocycles. The first-order valence-electron chi connectivity index (χ1n) is 3.58. The first-order chi connectivity index (χ1) is 5.65. The van der Waals surface area contributed by atoms with E-state index in [1.54, 1.807) is 0 Å². The predicted octanol–water partition coefficient (Wildman–Crippen LogP) is 1.06. The number of carbonyl (C=O) groups is 1. The van der Waals surface area contributed by atoms with Crippen molar-refractivity contribution >= 4 is 6.09 Å². The number of rotatable bonds is 1. The number of hydrogen-bond donors (Lipinski definition) is 1. The quantitative estimate of drug-likeness (QED) is 0.640. The lowest BCUT2D eigenvalue weighted by atomic mass is 10.4. The zero-order valence-corrected chi connectivity index (χ0v) is 7.19. The molecule has 1 heterocycles. The van der Waals surface area contributed by atoms with Gasteiger partial charge in [0, 0.05) is 6.20 Å². The van der Waals surface area contributed by atoms with Crippen molar-refractivity contribution < 1.29 is 9.53 Å². The minimum atomic E-state index is -0.294. The summed E-state index contributed by atoms with van der Waals surface area (Å²) in [7, 11) is 0. The molecule has 1 aliphatic heterocycles. The zero-order valence-electron chi connectivity index (χ0n) is 7.19. The average molecular weight is 170 g/mol. The van der Waals surface area contributed by atoms with E-state index < -0.39 is 0 Å². The van der Waals surface area contributed by atoms with Crippen LogP contribution in [-0.2, 0) is 4.74 Å². The zero-order chi connectivity index (χ0) is 9.56. The summed E-state index contributed by atoms with van der Waals surface area (Å²) in [6, 6.07) is 0. The fraction of sp³-hybridized carbons (Fsp3) is 0.375. The van der Waals surface area contributed by atoms with Gasteiger partial charge in [-0.25, -0.2) is 4.79 Å². The van der Waals surface area contributed by atoms with Gasteiger partial charge in [0.25, 0.3) is 0 Å². The molecule has 0 spiro atoms. The highest BCUT2D eigenvalue weighted by Crippen LogP contribution is 2.09. The monoisotopic (exact) mass is 170 g/mol. The second kappa shape index (κ2) is 5.23. The molecular formula is C8H14N2O2. The molecule has 0 aromatic rings. The number of nitrogens with zero attached hydrogens (tertiary/aromatic N) is 1. The van der Waals surface area contributed by atoms with Gasteiger partial charge < -0.3 is 10.5 Å². The fourth-order valence-electron chi connectivity index (χ4n) is 0.778. The van der Waals surface area contributed by atoms with Gasteiger partial charge in [0.2, 0.25) is 0 Å². The Morgan fingerprint density at radius 3 is 2.42 bits per heavy atom. The number of carbonyl (C=O) groups excluding carboxylic acids is 1. The number of ether oxygens (including phenoxy) is 1. The second-order valence-corrected chi connectivity index (χ2v) is 2.27. The van der Waals surface area contributed by atoms with Gasteiger partial charge >= 0.3 is 6.09 Å². The van der Waals surface area contributed by atoms with Crippen molar-refractivity contribution in [3.05, 3.63) is 25.6 Å².